The number of benzene rings is 1. The van der Waals surface area contributed by atoms with Gasteiger partial charge >= 0.3 is 0 Å². The van der Waals surface area contributed by atoms with Crippen molar-refractivity contribution >= 4 is 5.82 Å². The lowest BCUT2D eigenvalue weighted by molar-refractivity contribution is 0.738. The van der Waals surface area contributed by atoms with E-state index in [1.165, 1.54) is 24.2 Å². The molecule has 1 aromatic heterocycles. The lowest BCUT2D eigenvalue weighted by atomic mass is 10.2. The van der Waals surface area contributed by atoms with E-state index in [9.17, 15) is 0 Å². The second-order valence-corrected chi connectivity index (χ2v) is 5.99. The van der Waals surface area contributed by atoms with Gasteiger partial charge in [0, 0.05) is 25.7 Å². The first-order valence-corrected chi connectivity index (χ1v) is 7.70. The molecule has 0 aliphatic heterocycles. The molecule has 0 saturated heterocycles. The molecule has 0 radical (unpaired) electrons. The largest absolute Gasteiger partial charge is 0.359 e. The molecule has 0 bridgehead atoms. The predicted molar refractivity (Wildman–Crippen MR) is 87.1 cm³/mol. The summed E-state index contributed by atoms with van der Waals surface area (Å²) in [5.41, 5.74) is 3.52. The summed E-state index contributed by atoms with van der Waals surface area (Å²) in [6, 6.07) is 10.4. The quantitative estimate of drug-likeness (QED) is 0.885. The van der Waals surface area contributed by atoms with Crippen molar-refractivity contribution in [3.8, 4) is 5.69 Å². The zero-order valence-electron chi connectivity index (χ0n) is 13.1. The second kappa shape index (κ2) is 5.90. The van der Waals surface area contributed by atoms with Crippen LogP contribution in [0, 0.1) is 12.8 Å². The minimum absolute atomic E-state index is 0.850. The van der Waals surface area contributed by atoms with Crippen LogP contribution in [-0.4, -0.2) is 30.4 Å². The molecule has 0 spiro atoms. The molecule has 0 atom stereocenters. The summed E-state index contributed by atoms with van der Waals surface area (Å²) < 4.78 is 2.09. The van der Waals surface area contributed by atoms with Gasteiger partial charge in [0.25, 0.3) is 0 Å². The Kier molecular flexibility index (Phi) is 3.97. The minimum Gasteiger partial charge on any atom is -0.359 e. The molecule has 21 heavy (non-hydrogen) atoms. The van der Waals surface area contributed by atoms with Crippen LogP contribution in [0.3, 0.4) is 0 Å². The fourth-order valence-corrected chi connectivity index (χ4v) is 2.85. The van der Waals surface area contributed by atoms with E-state index in [-0.39, 0.29) is 0 Å². The number of anilines is 1. The summed E-state index contributed by atoms with van der Waals surface area (Å²) in [6.45, 7) is 4.07. The molecule has 1 aromatic carbocycles. The van der Waals surface area contributed by atoms with Crippen molar-refractivity contribution in [3.05, 3.63) is 41.6 Å². The van der Waals surface area contributed by atoms with Crippen LogP contribution in [-0.2, 0) is 6.54 Å². The van der Waals surface area contributed by atoms with Crippen LogP contribution in [0.5, 0.6) is 0 Å². The summed E-state index contributed by atoms with van der Waals surface area (Å²) in [7, 11) is 4.18. The molecule has 2 aromatic rings. The highest BCUT2D eigenvalue weighted by molar-refractivity contribution is 5.55. The van der Waals surface area contributed by atoms with Crippen molar-refractivity contribution in [1.29, 1.82) is 0 Å². The van der Waals surface area contributed by atoms with Gasteiger partial charge in [-0.05, 0) is 44.9 Å². The Balaban J connectivity index is 2.03. The topological polar surface area (TPSA) is 33.1 Å². The lowest BCUT2D eigenvalue weighted by Crippen LogP contribution is -2.25. The highest BCUT2D eigenvalue weighted by Crippen LogP contribution is 2.33. The van der Waals surface area contributed by atoms with Gasteiger partial charge in [-0.1, -0.05) is 18.2 Å². The van der Waals surface area contributed by atoms with E-state index in [1.807, 2.05) is 13.1 Å². The van der Waals surface area contributed by atoms with Crippen molar-refractivity contribution in [2.75, 3.05) is 25.5 Å². The van der Waals surface area contributed by atoms with Gasteiger partial charge in [0.15, 0.2) is 0 Å². The van der Waals surface area contributed by atoms with E-state index in [0.717, 1.165) is 30.4 Å². The maximum atomic E-state index is 4.78. The minimum atomic E-state index is 0.850. The van der Waals surface area contributed by atoms with Gasteiger partial charge < -0.3 is 10.2 Å². The van der Waals surface area contributed by atoms with E-state index in [4.69, 9.17) is 5.10 Å². The number of aromatic nitrogens is 2. The van der Waals surface area contributed by atoms with Crippen LogP contribution >= 0.6 is 0 Å². The Morgan fingerprint density at radius 3 is 2.62 bits per heavy atom. The summed E-state index contributed by atoms with van der Waals surface area (Å²) in [4.78, 5) is 2.37. The normalized spacial score (nSPS) is 14.4. The van der Waals surface area contributed by atoms with Gasteiger partial charge in [0.1, 0.15) is 5.82 Å². The van der Waals surface area contributed by atoms with Crippen LogP contribution in [0.2, 0.25) is 0 Å². The SMILES string of the molecule is CNCc1c(C)nn(-c2ccccc2)c1N(C)CC1CC1. The van der Waals surface area contributed by atoms with Crippen molar-refractivity contribution in [2.45, 2.75) is 26.3 Å². The molecule has 1 N–H and O–H groups in total. The summed E-state index contributed by atoms with van der Waals surface area (Å²) in [6.07, 6.45) is 2.73. The standard InChI is InChI=1S/C17H24N4/c1-13-16(11-18-2)17(20(3)12-14-9-10-14)21(19-13)15-7-5-4-6-8-15/h4-8,14,18H,9-12H2,1-3H3. The van der Waals surface area contributed by atoms with Gasteiger partial charge in [-0.3, -0.25) is 0 Å². The molecule has 1 fully saturated rings. The van der Waals surface area contributed by atoms with E-state index in [0.29, 0.717) is 0 Å². The number of nitrogens with zero attached hydrogens (tertiary/aromatic N) is 3. The molecular formula is C17H24N4. The van der Waals surface area contributed by atoms with E-state index in [1.54, 1.807) is 0 Å². The third kappa shape index (κ3) is 2.95. The van der Waals surface area contributed by atoms with Gasteiger partial charge in [-0.2, -0.15) is 5.10 Å². The first kappa shape index (κ1) is 14.1. The van der Waals surface area contributed by atoms with Crippen LogP contribution in [0.15, 0.2) is 30.3 Å². The summed E-state index contributed by atoms with van der Waals surface area (Å²) in [5.74, 6) is 2.08. The Labute approximate surface area is 126 Å². The third-order valence-corrected chi connectivity index (χ3v) is 4.10. The third-order valence-electron chi connectivity index (χ3n) is 4.10. The first-order valence-electron chi connectivity index (χ1n) is 7.70. The Bertz CT molecular complexity index is 599. The van der Waals surface area contributed by atoms with E-state index < -0.39 is 0 Å². The van der Waals surface area contributed by atoms with Crippen LogP contribution in [0.25, 0.3) is 5.69 Å². The molecule has 3 rings (SSSR count). The molecule has 0 amide bonds. The van der Waals surface area contributed by atoms with Gasteiger partial charge in [-0.25, -0.2) is 4.68 Å². The predicted octanol–water partition coefficient (Wildman–Crippen LogP) is 2.75. The monoisotopic (exact) mass is 284 g/mol. The van der Waals surface area contributed by atoms with Crippen molar-refractivity contribution in [1.82, 2.24) is 15.1 Å². The number of hydrogen-bond acceptors (Lipinski definition) is 3. The van der Waals surface area contributed by atoms with Crippen LogP contribution in [0.4, 0.5) is 5.82 Å². The summed E-state index contributed by atoms with van der Waals surface area (Å²) in [5, 5.41) is 8.06. The fourth-order valence-electron chi connectivity index (χ4n) is 2.85. The Morgan fingerprint density at radius 1 is 1.29 bits per heavy atom. The zero-order chi connectivity index (χ0) is 14.8. The number of aryl methyl sites for hydroxylation is 1. The maximum absolute atomic E-state index is 4.78. The van der Waals surface area contributed by atoms with Crippen LogP contribution < -0.4 is 10.2 Å². The average molecular weight is 284 g/mol. The first-order chi connectivity index (χ1) is 10.2. The van der Waals surface area contributed by atoms with Crippen molar-refractivity contribution in [3.63, 3.8) is 0 Å². The molecular weight excluding hydrogens is 260 g/mol. The number of para-hydroxylation sites is 1. The zero-order valence-corrected chi connectivity index (χ0v) is 13.1. The molecule has 112 valence electrons. The van der Waals surface area contributed by atoms with E-state index >= 15 is 0 Å². The molecule has 1 saturated carbocycles. The number of hydrogen-bond donors (Lipinski definition) is 1. The highest BCUT2D eigenvalue weighted by Gasteiger charge is 2.26. The fraction of sp³-hybridized carbons (Fsp3) is 0.471. The second-order valence-electron chi connectivity index (χ2n) is 5.99. The summed E-state index contributed by atoms with van der Waals surface area (Å²) >= 11 is 0. The van der Waals surface area contributed by atoms with Crippen LogP contribution in [0.1, 0.15) is 24.1 Å². The van der Waals surface area contributed by atoms with E-state index in [2.05, 4.69) is 53.1 Å². The Hall–Kier alpha value is -1.81. The molecule has 1 aliphatic carbocycles. The Morgan fingerprint density at radius 2 is 2.00 bits per heavy atom. The molecule has 4 heteroatoms. The molecule has 0 unspecified atom stereocenters. The molecule has 1 heterocycles. The smallest absolute Gasteiger partial charge is 0.136 e. The van der Waals surface area contributed by atoms with Gasteiger partial charge in [0.05, 0.1) is 11.4 Å². The molecule has 1 aliphatic rings. The number of nitrogens with one attached hydrogen (secondary N) is 1. The van der Waals surface area contributed by atoms with Gasteiger partial charge in [-0.15, -0.1) is 0 Å². The lowest BCUT2D eigenvalue weighted by Gasteiger charge is -2.22. The highest BCUT2D eigenvalue weighted by atomic mass is 15.4. The maximum Gasteiger partial charge on any atom is 0.136 e. The van der Waals surface area contributed by atoms with Gasteiger partial charge in [0.2, 0.25) is 0 Å². The van der Waals surface area contributed by atoms with Crippen molar-refractivity contribution in [2.24, 2.45) is 5.92 Å². The number of rotatable bonds is 6. The van der Waals surface area contributed by atoms with Crippen molar-refractivity contribution < 1.29 is 0 Å². The average Bonchev–Trinajstić information content (AvgIpc) is 3.24. The molecule has 4 nitrogen and oxygen atoms in total.